The van der Waals surface area contributed by atoms with Crippen molar-refractivity contribution in [1.82, 2.24) is 4.98 Å². The van der Waals surface area contributed by atoms with Gasteiger partial charge in [-0.2, -0.15) is 0 Å². The summed E-state index contributed by atoms with van der Waals surface area (Å²) in [4.78, 5) is 14.9. The average Bonchev–Trinajstić information content (AvgIpc) is 2.36. The lowest BCUT2D eigenvalue weighted by Crippen LogP contribution is -2.21. The Balaban J connectivity index is 3.45. The van der Waals surface area contributed by atoms with Crippen LogP contribution in [0.25, 0.3) is 0 Å². The number of alkyl halides is 6. The summed E-state index contributed by atoms with van der Waals surface area (Å²) in [5, 5.41) is 0. The third-order valence-corrected chi connectivity index (χ3v) is 2.48. The second-order valence-corrected chi connectivity index (χ2v) is 3.84. The fraction of sp³-hybridized carbons (Fsp3) is 0.455. The van der Waals surface area contributed by atoms with E-state index in [1.165, 1.54) is 6.92 Å². The quantitative estimate of drug-likeness (QED) is 0.467. The van der Waals surface area contributed by atoms with Crippen molar-refractivity contribution in [3.63, 3.8) is 0 Å². The molecule has 0 unspecified atom stereocenters. The maximum Gasteiger partial charge on any atom is 0.573 e. The van der Waals surface area contributed by atoms with Gasteiger partial charge in [-0.1, -0.05) is 0 Å². The monoisotopic (exact) mass is 333 g/mol. The SMILES string of the molecule is CCOC(=O)c1ncc(C(F)F)c(OC(F)(F)F)c1CCl. The van der Waals surface area contributed by atoms with E-state index >= 15 is 0 Å². The van der Waals surface area contributed by atoms with Gasteiger partial charge >= 0.3 is 12.3 Å². The summed E-state index contributed by atoms with van der Waals surface area (Å²) in [7, 11) is 0. The summed E-state index contributed by atoms with van der Waals surface area (Å²) in [6, 6.07) is 0. The Kier molecular flexibility index (Phi) is 5.70. The van der Waals surface area contributed by atoms with Gasteiger partial charge in [0.25, 0.3) is 6.43 Å². The molecule has 118 valence electrons. The van der Waals surface area contributed by atoms with E-state index in [0.717, 1.165) is 0 Å². The van der Waals surface area contributed by atoms with Crippen LogP contribution in [0.4, 0.5) is 22.0 Å². The molecule has 0 amide bonds. The van der Waals surface area contributed by atoms with E-state index in [-0.39, 0.29) is 6.61 Å². The number of carbonyl (C=O) groups is 1. The Morgan fingerprint density at radius 1 is 1.43 bits per heavy atom. The van der Waals surface area contributed by atoms with Gasteiger partial charge in [0.1, 0.15) is 5.75 Å². The third kappa shape index (κ3) is 4.42. The van der Waals surface area contributed by atoms with Crippen molar-refractivity contribution >= 4 is 17.6 Å². The normalized spacial score (nSPS) is 11.6. The van der Waals surface area contributed by atoms with Crippen LogP contribution >= 0.6 is 11.6 Å². The first-order valence-electron chi connectivity index (χ1n) is 5.50. The van der Waals surface area contributed by atoms with Crippen LogP contribution in [0.15, 0.2) is 6.20 Å². The summed E-state index contributed by atoms with van der Waals surface area (Å²) in [6.07, 6.45) is -8.08. The van der Waals surface area contributed by atoms with Gasteiger partial charge in [-0.05, 0) is 6.92 Å². The smallest absolute Gasteiger partial charge is 0.461 e. The molecule has 10 heteroatoms. The van der Waals surface area contributed by atoms with Crippen LogP contribution in [-0.4, -0.2) is 23.9 Å². The Bertz CT molecular complexity index is 521. The van der Waals surface area contributed by atoms with E-state index < -0.39 is 47.2 Å². The van der Waals surface area contributed by atoms with Crippen LogP contribution in [0.5, 0.6) is 5.75 Å². The summed E-state index contributed by atoms with van der Waals surface area (Å²) in [5.74, 6) is -3.00. The van der Waals surface area contributed by atoms with Gasteiger partial charge in [-0.25, -0.2) is 18.6 Å². The predicted molar refractivity (Wildman–Crippen MR) is 61.4 cm³/mol. The molecule has 1 aromatic rings. The van der Waals surface area contributed by atoms with Gasteiger partial charge in [-0.3, -0.25) is 0 Å². The molecule has 0 aliphatic heterocycles. The number of pyridine rings is 1. The Morgan fingerprint density at radius 3 is 2.48 bits per heavy atom. The van der Waals surface area contributed by atoms with E-state index in [9.17, 15) is 26.7 Å². The summed E-state index contributed by atoms with van der Waals surface area (Å²) < 4.78 is 70.7. The van der Waals surface area contributed by atoms with Crippen LogP contribution in [0.1, 0.15) is 35.0 Å². The molecule has 0 fully saturated rings. The molecule has 0 N–H and O–H groups in total. The number of hydrogen-bond acceptors (Lipinski definition) is 4. The maximum absolute atomic E-state index is 12.8. The standard InChI is InChI=1S/C11H9ClF5NO3/c1-2-20-10(19)7-5(3-12)8(21-11(15,16)17)6(4-18-7)9(13)14/h4,9H,2-3H2,1H3. The lowest BCUT2D eigenvalue weighted by Gasteiger charge is -2.17. The molecular weight excluding hydrogens is 325 g/mol. The zero-order chi connectivity index (χ0) is 16.2. The van der Waals surface area contributed by atoms with Crippen molar-refractivity contribution in [2.24, 2.45) is 0 Å². The van der Waals surface area contributed by atoms with Crippen LogP contribution in [0.2, 0.25) is 0 Å². The number of carbonyl (C=O) groups excluding carboxylic acids is 1. The molecule has 0 aliphatic rings. The van der Waals surface area contributed by atoms with Crippen LogP contribution < -0.4 is 4.74 Å². The highest BCUT2D eigenvalue weighted by Gasteiger charge is 2.36. The van der Waals surface area contributed by atoms with Crippen molar-refractivity contribution in [2.45, 2.75) is 25.6 Å². The van der Waals surface area contributed by atoms with Crippen molar-refractivity contribution in [3.05, 3.63) is 23.0 Å². The van der Waals surface area contributed by atoms with Gasteiger partial charge in [-0.15, -0.1) is 24.8 Å². The highest BCUT2D eigenvalue weighted by molar-refractivity contribution is 6.17. The van der Waals surface area contributed by atoms with Crippen molar-refractivity contribution < 1.29 is 36.2 Å². The van der Waals surface area contributed by atoms with E-state index in [4.69, 9.17) is 11.6 Å². The first kappa shape index (κ1) is 17.4. The fourth-order valence-corrected chi connectivity index (χ4v) is 1.69. The maximum atomic E-state index is 12.8. The highest BCUT2D eigenvalue weighted by Crippen LogP contribution is 2.37. The van der Waals surface area contributed by atoms with Gasteiger partial charge in [0.15, 0.2) is 5.69 Å². The molecule has 4 nitrogen and oxygen atoms in total. The number of nitrogens with zero attached hydrogens (tertiary/aromatic N) is 1. The zero-order valence-electron chi connectivity index (χ0n) is 10.5. The molecule has 0 aliphatic carbocycles. The molecule has 0 aromatic carbocycles. The van der Waals surface area contributed by atoms with Crippen molar-refractivity contribution in [2.75, 3.05) is 6.61 Å². The van der Waals surface area contributed by atoms with E-state index in [1.54, 1.807) is 0 Å². The second kappa shape index (κ2) is 6.88. The first-order valence-corrected chi connectivity index (χ1v) is 6.03. The molecular formula is C11H9ClF5NO3. The molecule has 0 bridgehead atoms. The van der Waals surface area contributed by atoms with E-state index in [0.29, 0.717) is 6.20 Å². The molecule has 0 saturated carbocycles. The molecule has 1 heterocycles. The number of ether oxygens (including phenoxy) is 2. The summed E-state index contributed by atoms with van der Waals surface area (Å²) in [5.41, 5.74) is -2.32. The first-order chi connectivity index (χ1) is 9.71. The Hall–Kier alpha value is -1.64. The zero-order valence-corrected chi connectivity index (χ0v) is 11.3. The summed E-state index contributed by atoms with van der Waals surface area (Å²) >= 11 is 5.45. The topological polar surface area (TPSA) is 48.4 Å². The van der Waals surface area contributed by atoms with E-state index in [1.807, 2.05) is 0 Å². The molecule has 21 heavy (non-hydrogen) atoms. The lowest BCUT2D eigenvalue weighted by molar-refractivity contribution is -0.275. The second-order valence-electron chi connectivity index (χ2n) is 3.57. The third-order valence-electron chi connectivity index (χ3n) is 2.21. The summed E-state index contributed by atoms with van der Waals surface area (Å²) in [6.45, 7) is 1.38. The van der Waals surface area contributed by atoms with E-state index in [2.05, 4.69) is 14.5 Å². The molecule has 0 saturated heterocycles. The minimum absolute atomic E-state index is 0.0751. The van der Waals surface area contributed by atoms with Crippen LogP contribution in [-0.2, 0) is 10.6 Å². The molecule has 0 atom stereocenters. The van der Waals surface area contributed by atoms with Gasteiger partial charge in [0, 0.05) is 11.8 Å². The highest BCUT2D eigenvalue weighted by atomic mass is 35.5. The number of aromatic nitrogens is 1. The number of hydrogen-bond donors (Lipinski definition) is 0. The van der Waals surface area contributed by atoms with Crippen LogP contribution in [0.3, 0.4) is 0 Å². The van der Waals surface area contributed by atoms with Gasteiger partial charge in [0.2, 0.25) is 0 Å². The molecule has 0 spiro atoms. The van der Waals surface area contributed by atoms with Crippen molar-refractivity contribution in [3.8, 4) is 5.75 Å². The molecule has 0 radical (unpaired) electrons. The minimum Gasteiger partial charge on any atom is -0.461 e. The minimum atomic E-state index is -5.22. The van der Waals surface area contributed by atoms with Gasteiger partial charge in [0.05, 0.1) is 18.1 Å². The number of rotatable bonds is 5. The Labute approximate surface area is 120 Å². The fourth-order valence-electron chi connectivity index (χ4n) is 1.44. The lowest BCUT2D eigenvalue weighted by atomic mass is 10.1. The average molecular weight is 334 g/mol. The van der Waals surface area contributed by atoms with Crippen molar-refractivity contribution in [1.29, 1.82) is 0 Å². The Morgan fingerprint density at radius 2 is 2.05 bits per heavy atom. The molecule has 1 aromatic heterocycles. The predicted octanol–water partition coefficient (Wildman–Crippen LogP) is 3.83. The molecule has 1 rings (SSSR count). The number of halogens is 6. The largest absolute Gasteiger partial charge is 0.573 e. The van der Waals surface area contributed by atoms with Gasteiger partial charge < -0.3 is 9.47 Å². The van der Waals surface area contributed by atoms with Crippen LogP contribution in [0, 0.1) is 0 Å². The number of esters is 1.